The van der Waals surface area contributed by atoms with Crippen LogP contribution in [0.15, 0.2) is 54.6 Å². The van der Waals surface area contributed by atoms with Gasteiger partial charge in [-0.3, -0.25) is 4.79 Å². The van der Waals surface area contributed by atoms with Gasteiger partial charge in [0.2, 0.25) is 0 Å². The number of hydrogen-bond donors (Lipinski definition) is 0. The fourth-order valence-electron chi connectivity index (χ4n) is 4.22. The lowest BCUT2D eigenvalue weighted by atomic mass is 9.97. The number of carbonyl (C=O) groups is 1. The number of carbonyl (C=O) groups excluding carboxylic acids is 1. The minimum atomic E-state index is -1.67. The normalized spacial score (nSPS) is 20.0. The van der Waals surface area contributed by atoms with Crippen LogP contribution in [-0.4, -0.2) is 30.1 Å². The average Bonchev–Trinajstić information content (AvgIpc) is 3.18. The predicted octanol–water partition coefficient (Wildman–Crippen LogP) is 6.52. The van der Waals surface area contributed by atoms with Crippen LogP contribution in [0.1, 0.15) is 34.3 Å². The van der Waals surface area contributed by atoms with Gasteiger partial charge in [-0.05, 0) is 61.4 Å². The highest BCUT2D eigenvalue weighted by Crippen LogP contribution is 2.50. The molecule has 0 aromatic heterocycles. The molecule has 9 heteroatoms. The van der Waals surface area contributed by atoms with E-state index in [1.54, 1.807) is 12.1 Å². The number of piperidine rings is 1. The zero-order chi connectivity index (χ0) is 24.0. The van der Waals surface area contributed by atoms with Crippen LogP contribution in [0.25, 0.3) is 0 Å². The zero-order valence-corrected chi connectivity index (χ0v) is 19.2. The average molecular weight is 508 g/mol. The molecule has 2 aliphatic rings. The van der Waals surface area contributed by atoms with E-state index in [4.69, 9.17) is 32.7 Å². The molecule has 0 aliphatic carbocycles. The summed E-state index contributed by atoms with van der Waals surface area (Å²) in [5, 5.41) is 0.602. The molecule has 0 saturated carbocycles. The van der Waals surface area contributed by atoms with Gasteiger partial charge < -0.3 is 14.4 Å². The van der Waals surface area contributed by atoms with Crippen molar-refractivity contribution in [3.8, 4) is 11.5 Å². The standard InChI is InChI=1S/C25H18Cl2F3NO3/c26-15-3-6-19(20(27)11-15)25(14-1-4-16(28)5-2-14)33-22-12-18(21(30)13-23(22)34-25)24(32)31-9-7-17(29)8-10-31/h1-6,11-13,17H,7-10H2. The molecule has 0 bridgehead atoms. The van der Waals surface area contributed by atoms with E-state index in [1.807, 2.05) is 0 Å². The third-order valence-electron chi connectivity index (χ3n) is 5.99. The molecular formula is C25H18Cl2F3NO3. The molecule has 0 spiro atoms. The van der Waals surface area contributed by atoms with Gasteiger partial charge >= 0.3 is 5.79 Å². The van der Waals surface area contributed by atoms with Crippen molar-refractivity contribution in [3.63, 3.8) is 0 Å². The largest absolute Gasteiger partial charge is 0.440 e. The van der Waals surface area contributed by atoms with Gasteiger partial charge in [0.1, 0.15) is 17.8 Å². The fourth-order valence-corrected chi connectivity index (χ4v) is 4.75. The number of benzene rings is 3. The van der Waals surface area contributed by atoms with Crippen LogP contribution in [0.3, 0.4) is 0 Å². The Morgan fingerprint density at radius 3 is 2.24 bits per heavy atom. The minimum Gasteiger partial charge on any atom is -0.440 e. The summed E-state index contributed by atoms with van der Waals surface area (Å²) in [7, 11) is 0. The molecule has 1 saturated heterocycles. The van der Waals surface area contributed by atoms with Gasteiger partial charge in [-0.1, -0.05) is 23.2 Å². The Bertz CT molecular complexity index is 1260. The van der Waals surface area contributed by atoms with Crippen molar-refractivity contribution in [1.29, 1.82) is 0 Å². The summed E-state index contributed by atoms with van der Waals surface area (Å²) in [6.07, 6.45) is -0.549. The Morgan fingerprint density at radius 1 is 0.941 bits per heavy atom. The Kier molecular flexibility index (Phi) is 5.86. The molecule has 34 heavy (non-hydrogen) atoms. The maximum Gasteiger partial charge on any atom is 0.307 e. The number of fused-ring (bicyclic) bond motifs is 1. The molecule has 2 heterocycles. The molecule has 2 aliphatic heterocycles. The molecule has 1 atom stereocenters. The van der Waals surface area contributed by atoms with E-state index in [0.29, 0.717) is 16.1 Å². The first-order chi connectivity index (χ1) is 16.3. The van der Waals surface area contributed by atoms with Crippen LogP contribution in [0, 0.1) is 11.6 Å². The summed E-state index contributed by atoms with van der Waals surface area (Å²) in [5.41, 5.74) is 0.545. The lowest BCUT2D eigenvalue weighted by Gasteiger charge is -2.29. The minimum absolute atomic E-state index is 0.0480. The molecule has 5 rings (SSSR count). The maximum atomic E-state index is 15.0. The van der Waals surface area contributed by atoms with Crippen molar-refractivity contribution >= 4 is 29.1 Å². The third-order valence-corrected chi connectivity index (χ3v) is 6.54. The highest BCUT2D eigenvalue weighted by Gasteiger charge is 2.47. The SMILES string of the molecule is O=C(c1cc2c(cc1F)OC(c1ccc(F)cc1)(c1ccc(Cl)cc1Cl)O2)N1CCC(F)CC1. The van der Waals surface area contributed by atoms with Gasteiger partial charge in [-0.2, -0.15) is 0 Å². The molecule has 176 valence electrons. The molecule has 3 aromatic carbocycles. The second kappa shape index (κ2) is 8.71. The van der Waals surface area contributed by atoms with Gasteiger partial charge in [-0.15, -0.1) is 0 Å². The highest BCUT2D eigenvalue weighted by atomic mass is 35.5. The van der Waals surface area contributed by atoms with E-state index in [9.17, 15) is 13.6 Å². The molecule has 1 unspecified atom stereocenters. The van der Waals surface area contributed by atoms with Gasteiger partial charge in [0.05, 0.1) is 16.1 Å². The van der Waals surface area contributed by atoms with Crippen molar-refractivity contribution in [1.82, 2.24) is 4.90 Å². The number of rotatable bonds is 3. The second-order valence-electron chi connectivity index (χ2n) is 8.20. The van der Waals surface area contributed by atoms with Crippen LogP contribution in [0.5, 0.6) is 11.5 Å². The van der Waals surface area contributed by atoms with Crippen LogP contribution >= 0.6 is 23.2 Å². The summed E-state index contributed by atoms with van der Waals surface area (Å²) in [4.78, 5) is 14.4. The van der Waals surface area contributed by atoms with E-state index < -0.39 is 29.5 Å². The molecule has 1 fully saturated rings. The summed E-state index contributed by atoms with van der Waals surface area (Å²) < 4.78 is 54.5. The first-order valence-corrected chi connectivity index (χ1v) is 11.4. The topological polar surface area (TPSA) is 38.8 Å². The number of halogens is 5. The van der Waals surface area contributed by atoms with Crippen molar-refractivity contribution in [2.45, 2.75) is 24.8 Å². The smallest absolute Gasteiger partial charge is 0.307 e. The first kappa shape index (κ1) is 22.9. The lowest BCUT2D eigenvalue weighted by Crippen LogP contribution is -2.39. The Labute approximate surface area is 203 Å². The second-order valence-corrected chi connectivity index (χ2v) is 9.04. The molecule has 1 amide bonds. The number of likely N-dealkylation sites (tertiary alicyclic amines) is 1. The van der Waals surface area contributed by atoms with Crippen molar-refractivity contribution in [3.05, 3.63) is 93.0 Å². The molecule has 3 aromatic rings. The summed E-state index contributed by atoms with van der Waals surface area (Å²) in [6, 6.07) is 12.4. The van der Waals surface area contributed by atoms with E-state index in [0.717, 1.165) is 6.07 Å². The first-order valence-electron chi connectivity index (χ1n) is 10.6. The van der Waals surface area contributed by atoms with Crippen LogP contribution in [0.4, 0.5) is 13.2 Å². The van der Waals surface area contributed by atoms with Crippen molar-refractivity contribution < 1.29 is 27.4 Å². The number of hydrogen-bond acceptors (Lipinski definition) is 3. The van der Waals surface area contributed by atoms with Gasteiger partial charge in [-0.25, -0.2) is 13.2 Å². The van der Waals surface area contributed by atoms with Gasteiger partial charge in [0, 0.05) is 29.7 Å². The van der Waals surface area contributed by atoms with Crippen molar-refractivity contribution in [2.24, 2.45) is 0 Å². The molecule has 0 N–H and O–H groups in total. The fraction of sp³-hybridized carbons (Fsp3) is 0.240. The quantitative estimate of drug-likeness (QED) is 0.405. The number of nitrogens with zero attached hydrogens (tertiary/aromatic N) is 1. The van der Waals surface area contributed by atoms with Gasteiger partial charge in [0.15, 0.2) is 11.5 Å². The Hall–Kier alpha value is -2.90. The summed E-state index contributed by atoms with van der Waals surface area (Å²) >= 11 is 12.5. The summed E-state index contributed by atoms with van der Waals surface area (Å²) in [5.74, 6) is -3.33. The summed E-state index contributed by atoms with van der Waals surface area (Å²) in [6.45, 7) is 0.404. The van der Waals surface area contributed by atoms with E-state index >= 15 is 4.39 Å². The predicted molar refractivity (Wildman–Crippen MR) is 121 cm³/mol. The van der Waals surface area contributed by atoms with Crippen LogP contribution in [-0.2, 0) is 5.79 Å². The third kappa shape index (κ3) is 3.97. The zero-order valence-electron chi connectivity index (χ0n) is 17.7. The van der Waals surface area contributed by atoms with Crippen LogP contribution in [0.2, 0.25) is 10.0 Å². The molecular weight excluding hydrogens is 490 g/mol. The van der Waals surface area contributed by atoms with E-state index in [2.05, 4.69) is 0 Å². The number of amides is 1. The molecule has 0 radical (unpaired) electrons. The number of alkyl halides is 1. The lowest BCUT2D eigenvalue weighted by molar-refractivity contribution is -0.0459. The Morgan fingerprint density at radius 2 is 1.59 bits per heavy atom. The van der Waals surface area contributed by atoms with Crippen molar-refractivity contribution in [2.75, 3.05) is 13.1 Å². The van der Waals surface area contributed by atoms with E-state index in [1.165, 1.54) is 41.3 Å². The maximum absolute atomic E-state index is 15.0. The number of ether oxygens (including phenoxy) is 2. The monoisotopic (exact) mass is 507 g/mol. The highest BCUT2D eigenvalue weighted by molar-refractivity contribution is 6.35. The van der Waals surface area contributed by atoms with Gasteiger partial charge in [0.25, 0.3) is 5.91 Å². The van der Waals surface area contributed by atoms with Crippen LogP contribution < -0.4 is 9.47 Å². The molecule has 4 nitrogen and oxygen atoms in total. The van der Waals surface area contributed by atoms with E-state index in [-0.39, 0.29) is 48.0 Å². The Balaban J connectivity index is 1.57.